The number of aryl methyl sites for hydroxylation is 2. The molecule has 1 aliphatic rings. The van der Waals surface area contributed by atoms with Crippen molar-refractivity contribution < 1.29 is 0 Å². The number of hydrogen-bond acceptors (Lipinski definition) is 5. The first-order chi connectivity index (χ1) is 7.75. The first-order valence-corrected chi connectivity index (χ1v) is 5.90. The summed E-state index contributed by atoms with van der Waals surface area (Å²) >= 11 is 0. The third-order valence-corrected chi connectivity index (χ3v) is 2.25. The lowest BCUT2D eigenvalue weighted by Crippen LogP contribution is -2.44. The Morgan fingerprint density at radius 2 is 1.44 bits per heavy atom. The molecule has 0 aromatic carbocycles. The van der Waals surface area contributed by atoms with E-state index in [0.717, 1.165) is 43.8 Å². The van der Waals surface area contributed by atoms with Gasteiger partial charge in [-0.3, -0.25) is 0 Å². The van der Waals surface area contributed by atoms with Gasteiger partial charge in [-0.25, -0.2) is 4.98 Å². The van der Waals surface area contributed by atoms with Gasteiger partial charge in [0.15, 0.2) is 0 Å². The number of nitrogens with zero attached hydrogens (tertiary/aromatic N) is 4. The molecule has 0 bridgehead atoms. The highest BCUT2D eigenvalue weighted by Crippen LogP contribution is 2.07. The van der Waals surface area contributed by atoms with Crippen molar-refractivity contribution in [3.05, 3.63) is 11.6 Å². The average molecular weight is 223 g/mol. The zero-order chi connectivity index (χ0) is 12.0. The van der Waals surface area contributed by atoms with Crippen LogP contribution in [0.3, 0.4) is 0 Å². The summed E-state index contributed by atoms with van der Waals surface area (Å²) in [5.41, 5.74) is 0. The maximum atomic E-state index is 4.33. The third-order valence-electron chi connectivity index (χ3n) is 2.25. The van der Waals surface area contributed by atoms with Gasteiger partial charge in [-0.2, -0.15) is 9.97 Å². The van der Waals surface area contributed by atoms with Gasteiger partial charge in [0.1, 0.15) is 11.6 Å². The predicted octanol–water partition coefficient (Wildman–Crippen LogP) is 0.924. The molecule has 2 rings (SSSR count). The topological polar surface area (TPSA) is 53.9 Å². The Morgan fingerprint density at radius 3 is 1.94 bits per heavy atom. The fourth-order valence-corrected chi connectivity index (χ4v) is 1.60. The van der Waals surface area contributed by atoms with E-state index in [1.807, 2.05) is 27.7 Å². The molecule has 0 atom stereocenters. The second-order valence-corrected chi connectivity index (χ2v) is 3.47. The highest BCUT2D eigenvalue weighted by molar-refractivity contribution is 5.30. The van der Waals surface area contributed by atoms with Gasteiger partial charge >= 0.3 is 0 Å². The Morgan fingerprint density at radius 1 is 0.938 bits per heavy atom. The summed E-state index contributed by atoms with van der Waals surface area (Å²) in [5, 5.41) is 3.30. The van der Waals surface area contributed by atoms with Crippen molar-refractivity contribution in [2.45, 2.75) is 27.7 Å². The van der Waals surface area contributed by atoms with Gasteiger partial charge in [-0.05, 0) is 13.8 Å². The van der Waals surface area contributed by atoms with E-state index in [1.165, 1.54) is 0 Å². The zero-order valence-electron chi connectivity index (χ0n) is 10.6. The second-order valence-electron chi connectivity index (χ2n) is 3.47. The van der Waals surface area contributed by atoms with Crippen LogP contribution in [0.15, 0.2) is 0 Å². The summed E-state index contributed by atoms with van der Waals surface area (Å²) in [6, 6.07) is 0. The quantitative estimate of drug-likeness (QED) is 0.767. The molecule has 2 heterocycles. The van der Waals surface area contributed by atoms with E-state index in [9.17, 15) is 0 Å². The number of rotatable bonds is 1. The van der Waals surface area contributed by atoms with Gasteiger partial charge in [-0.1, -0.05) is 13.8 Å². The Labute approximate surface area is 97.3 Å². The van der Waals surface area contributed by atoms with E-state index in [0.29, 0.717) is 0 Å². The van der Waals surface area contributed by atoms with Crippen LogP contribution in [0.25, 0.3) is 0 Å². The maximum absolute atomic E-state index is 4.33. The summed E-state index contributed by atoms with van der Waals surface area (Å²) in [6.07, 6.45) is 0. The smallest absolute Gasteiger partial charge is 0.228 e. The highest BCUT2D eigenvalue weighted by Gasteiger charge is 2.13. The summed E-state index contributed by atoms with van der Waals surface area (Å²) in [6.45, 7) is 11.8. The molecule has 16 heavy (non-hydrogen) atoms. The molecule has 0 saturated carbocycles. The molecule has 0 spiro atoms. The summed E-state index contributed by atoms with van der Waals surface area (Å²) in [7, 11) is 0. The van der Waals surface area contributed by atoms with E-state index >= 15 is 0 Å². The van der Waals surface area contributed by atoms with E-state index in [2.05, 4.69) is 25.2 Å². The van der Waals surface area contributed by atoms with Crippen LogP contribution in [0, 0.1) is 13.8 Å². The molecular formula is C11H21N5. The van der Waals surface area contributed by atoms with Crippen molar-refractivity contribution >= 4 is 5.95 Å². The Bertz CT molecular complexity index is 300. The van der Waals surface area contributed by atoms with Crippen molar-refractivity contribution in [1.29, 1.82) is 0 Å². The molecule has 0 aliphatic carbocycles. The van der Waals surface area contributed by atoms with Crippen LogP contribution in [0.4, 0.5) is 5.95 Å². The van der Waals surface area contributed by atoms with Gasteiger partial charge < -0.3 is 10.2 Å². The summed E-state index contributed by atoms with van der Waals surface area (Å²) in [5.74, 6) is 2.41. The minimum absolute atomic E-state index is 0.797. The van der Waals surface area contributed by atoms with Crippen LogP contribution in [0.1, 0.15) is 25.5 Å². The number of aromatic nitrogens is 3. The third kappa shape index (κ3) is 3.41. The van der Waals surface area contributed by atoms with E-state index in [1.54, 1.807) is 0 Å². The standard InChI is InChI=1S/C9H15N5.C2H6/c1-7-11-8(2)13-9(12-7)14-5-3-10-4-6-14;1-2/h10H,3-6H2,1-2H3;1-2H3. The number of piperazine rings is 1. The minimum atomic E-state index is 0.797. The Balaban J connectivity index is 0.000000606. The maximum Gasteiger partial charge on any atom is 0.228 e. The van der Waals surface area contributed by atoms with Gasteiger partial charge in [0.25, 0.3) is 0 Å². The van der Waals surface area contributed by atoms with Gasteiger partial charge in [-0.15, -0.1) is 0 Å². The number of hydrogen-bond donors (Lipinski definition) is 1. The van der Waals surface area contributed by atoms with E-state index in [4.69, 9.17) is 0 Å². The lowest BCUT2D eigenvalue weighted by atomic mass is 10.4. The normalized spacial score (nSPS) is 15.4. The molecule has 0 unspecified atom stereocenters. The molecule has 1 fully saturated rings. The van der Waals surface area contributed by atoms with Crippen molar-refractivity contribution in [1.82, 2.24) is 20.3 Å². The lowest BCUT2D eigenvalue weighted by Gasteiger charge is -2.27. The van der Waals surface area contributed by atoms with E-state index < -0.39 is 0 Å². The lowest BCUT2D eigenvalue weighted by molar-refractivity contribution is 0.577. The molecule has 5 heteroatoms. The van der Waals surface area contributed by atoms with E-state index in [-0.39, 0.29) is 0 Å². The number of nitrogens with one attached hydrogen (secondary N) is 1. The number of anilines is 1. The fourth-order valence-electron chi connectivity index (χ4n) is 1.60. The molecular weight excluding hydrogens is 202 g/mol. The van der Waals surface area contributed by atoms with Crippen LogP contribution < -0.4 is 10.2 Å². The molecule has 1 aromatic rings. The Kier molecular flexibility index (Phi) is 5.11. The first kappa shape index (κ1) is 12.8. The molecule has 0 amide bonds. The van der Waals surface area contributed by atoms with Crippen LogP contribution in [0.2, 0.25) is 0 Å². The molecule has 0 radical (unpaired) electrons. The largest absolute Gasteiger partial charge is 0.338 e. The molecule has 5 nitrogen and oxygen atoms in total. The van der Waals surface area contributed by atoms with Crippen molar-refractivity contribution in [2.75, 3.05) is 31.1 Å². The second kappa shape index (κ2) is 6.37. The zero-order valence-corrected chi connectivity index (χ0v) is 10.6. The van der Waals surface area contributed by atoms with Crippen LogP contribution >= 0.6 is 0 Å². The molecule has 1 aromatic heterocycles. The summed E-state index contributed by atoms with van der Waals surface area (Å²) < 4.78 is 0. The first-order valence-electron chi connectivity index (χ1n) is 5.90. The van der Waals surface area contributed by atoms with Crippen molar-refractivity contribution in [3.63, 3.8) is 0 Å². The molecule has 1 aliphatic heterocycles. The molecule has 90 valence electrons. The Hall–Kier alpha value is -1.23. The van der Waals surface area contributed by atoms with Gasteiger partial charge in [0, 0.05) is 26.2 Å². The van der Waals surface area contributed by atoms with Gasteiger partial charge in [0.05, 0.1) is 0 Å². The van der Waals surface area contributed by atoms with Crippen LogP contribution in [-0.2, 0) is 0 Å². The average Bonchev–Trinajstić information content (AvgIpc) is 2.32. The van der Waals surface area contributed by atoms with Gasteiger partial charge in [0.2, 0.25) is 5.95 Å². The van der Waals surface area contributed by atoms with Crippen LogP contribution in [-0.4, -0.2) is 41.1 Å². The van der Waals surface area contributed by atoms with Crippen LogP contribution in [0.5, 0.6) is 0 Å². The van der Waals surface area contributed by atoms with Crippen molar-refractivity contribution in [3.8, 4) is 0 Å². The fraction of sp³-hybridized carbons (Fsp3) is 0.727. The SMILES string of the molecule is CC.Cc1nc(C)nc(N2CCNCC2)n1. The highest BCUT2D eigenvalue weighted by atomic mass is 15.3. The van der Waals surface area contributed by atoms with Crippen molar-refractivity contribution in [2.24, 2.45) is 0 Å². The molecule has 1 N–H and O–H groups in total. The predicted molar refractivity (Wildman–Crippen MR) is 65.7 cm³/mol. The summed E-state index contributed by atoms with van der Waals surface area (Å²) in [4.78, 5) is 15.0. The molecule has 1 saturated heterocycles. The minimum Gasteiger partial charge on any atom is -0.338 e. The monoisotopic (exact) mass is 223 g/mol.